The zero-order chi connectivity index (χ0) is 15.0. The molecular weight excluding hydrogens is 363 g/mol. The number of ether oxygens (including phenoxy) is 2. The predicted octanol–water partition coefficient (Wildman–Crippen LogP) is 4.25. The Bertz CT molecular complexity index is 693. The van der Waals surface area contributed by atoms with Crippen LogP contribution in [0, 0.1) is 5.82 Å². The molecule has 110 valence electrons. The van der Waals surface area contributed by atoms with Crippen molar-refractivity contribution in [2.45, 2.75) is 12.5 Å². The van der Waals surface area contributed by atoms with E-state index in [4.69, 9.17) is 21.1 Å². The van der Waals surface area contributed by atoms with Gasteiger partial charge in [0, 0.05) is 6.42 Å². The summed E-state index contributed by atoms with van der Waals surface area (Å²) >= 11 is 9.13. The minimum Gasteiger partial charge on any atom is -0.454 e. The van der Waals surface area contributed by atoms with Crippen LogP contribution < -0.4 is 9.47 Å². The summed E-state index contributed by atoms with van der Waals surface area (Å²) in [6, 6.07) is 7.93. The van der Waals surface area contributed by atoms with Gasteiger partial charge in [0.05, 0.1) is 15.6 Å². The fraction of sp³-hybridized carbons (Fsp3) is 0.200. The first-order valence-electron chi connectivity index (χ1n) is 6.25. The molecule has 0 aromatic heterocycles. The van der Waals surface area contributed by atoms with Crippen LogP contribution >= 0.6 is 27.5 Å². The molecule has 1 aliphatic rings. The highest BCUT2D eigenvalue weighted by molar-refractivity contribution is 9.10. The average molecular weight is 374 g/mol. The van der Waals surface area contributed by atoms with Crippen molar-refractivity contribution in [1.82, 2.24) is 0 Å². The third-order valence-electron chi connectivity index (χ3n) is 3.25. The maximum Gasteiger partial charge on any atom is 0.231 e. The Balaban J connectivity index is 1.83. The van der Waals surface area contributed by atoms with E-state index in [1.807, 2.05) is 0 Å². The predicted molar refractivity (Wildman–Crippen MR) is 80.3 cm³/mol. The smallest absolute Gasteiger partial charge is 0.231 e. The monoisotopic (exact) mass is 372 g/mol. The minimum absolute atomic E-state index is 0.0477. The number of benzene rings is 2. The van der Waals surface area contributed by atoms with Gasteiger partial charge in [-0.15, -0.1) is 0 Å². The summed E-state index contributed by atoms with van der Waals surface area (Å²) in [5.74, 6) is 0.757. The Morgan fingerprint density at radius 2 is 2.10 bits per heavy atom. The quantitative estimate of drug-likeness (QED) is 0.874. The molecule has 1 N–H and O–H groups in total. The third kappa shape index (κ3) is 3.00. The van der Waals surface area contributed by atoms with Crippen LogP contribution in [0.3, 0.4) is 0 Å². The lowest BCUT2D eigenvalue weighted by Gasteiger charge is -2.13. The Morgan fingerprint density at radius 3 is 2.86 bits per heavy atom. The van der Waals surface area contributed by atoms with Gasteiger partial charge >= 0.3 is 0 Å². The fourth-order valence-corrected chi connectivity index (χ4v) is 2.96. The molecule has 1 heterocycles. The molecule has 0 spiro atoms. The molecule has 21 heavy (non-hydrogen) atoms. The number of halogens is 3. The van der Waals surface area contributed by atoms with E-state index in [0.717, 1.165) is 10.0 Å². The number of fused-ring (bicyclic) bond motifs is 1. The van der Waals surface area contributed by atoms with E-state index in [9.17, 15) is 9.50 Å². The van der Waals surface area contributed by atoms with Gasteiger partial charge in [0.25, 0.3) is 0 Å². The number of aliphatic hydroxyl groups excluding tert-OH is 1. The second-order valence-corrected chi connectivity index (χ2v) is 5.97. The largest absolute Gasteiger partial charge is 0.454 e. The maximum atomic E-state index is 13.1. The SMILES string of the molecule is OC(Cc1ccc(F)c(Cl)c1)c1cc(Br)c2c(c1)OCO2. The normalized spacial score (nSPS) is 14.3. The van der Waals surface area contributed by atoms with Crippen LogP contribution in [0.5, 0.6) is 11.5 Å². The molecule has 0 saturated heterocycles. The molecule has 3 rings (SSSR count). The van der Waals surface area contributed by atoms with Crippen LogP contribution in [0.25, 0.3) is 0 Å². The molecule has 0 fully saturated rings. The van der Waals surface area contributed by atoms with Crippen LogP contribution in [0.2, 0.25) is 5.02 Å². The number of rotatable bonds is 3. The first-order chi connectivity index (χ1) is 10.0. The van der Waals surface area contributed by atoms with Crippen molar-refractivity contribution >= 4 is 27.5 Å². The molecule has 6 heteroatoms. The zero-order valence-corrected chi connectivity index (χ0v) is 13.1. The fourth-order valence-electron chi connectivity index (χ4n) is 2.19. The van der Waals surface area contributed by atoms with Gasteiger partial charge in [0.2, 0.25) is 6.79 Å². The Hall–Kier alpha value is -1.30. The maximum absolute atomic E-state index is 13.1. The van der Waals surface area contributed by atoms with E-state index in [1.54, 1.807) is 18.2 Å². The summed E-state index contributed by atoms with van der Waals surface area (Å²) < 4.78 is 24.5. The van der Waals surface area contributed by atoms with Gasteiger partial charge in [-0.05, 0) is 51.3 Å². The van der Waals surface area contributed by atoms with E-state index < -0.39 is 11.9 Å². The number of aliphatic hydroxyl groups is 1. The molecule has 0 aliphatic carbocycles. The van der Waals surface area contributed by atoms with E-state index >= 15 is 0 Å². The number of hydrogen-bond acceptors (Lipinski definition) is 3. The summed E-state index contributed by atoms with van der Waals surface area (Å²) in [4.78, 5) is 0. The molecule has 0 radical (unpaired) electrons. The lowest BCUT2D eigenvalue weighted by molar-refractivity contribution is 0.171. The molecule has 2 aromatic rings. The third-order valence-corrected chi connectivity index (χ3v) is 4.13. The Morgan fingerprint density at radius 1 is 1.29 bits per heavy atom. The van der Waals surface area contributed by atoms with Gasteiger partial charge in [-0.2, -0.15) is 0 Å². The van der Waals surface area contributed by atoms with E-state index in [2.05, 4.69) is 15.9 Å². The average Bonchev–Trinajstić information content (AvgIpc) is 2.92. The topological polar surface area (TPSA) is 38.7 Å². The lowest BCUT2D eigenvalue weighted by atomic mass is 10.0. The summed E-state index contributed by atoms with van der Waals surface area (Å²) in [7, 11) is 0. The standard InChI is InChI=1S/C15H11BrClFO3/c16-10-5-9(6-14-15(10)21-7-20-14)13(19)4-8-1-2-12(18)11(17)3-8/h1-3,5-6,13,19H,4,7H2. The van der Waals surface area contributed by atoms with E-state index in [0.29, 0.717) is 23.5 Å². The van der Waals surface area contributed by atoms with Crippen LogP contribution in [-0.4, -0.2) is 11.9 Å². The molecular formula is C15H11BrClFO3. The molecule has 0 bridgehead atoms. The van der Waals surface area contributed by atoms with Gasteiger partial charge in [-0.25, -0.2) is 4.39 Å². The highest BCUT2D eigenvalue weighted by Crippen LogP contribution is 2.41. The molecule has 0 amide bonds. The summed E-state index contributed by atoms with van der Waals surface area (Å²) in [6.07, 6.45) is -0.427. The van der Waals surface area contributed by atoms with Crippen molar-refractivity contribution in [3.63, 3.8) is 0 Å². The molecule has 3 nitrogen and oxygen atoms in total. The van der Waals surface area contributed by atoms with E-state index in [1.165, 1.54) is 12.1 Å². The Labute approximate surface area is 134 Å². The summed E-state index contributed by atoms with van der Waals surface area (Å²) in [5, 5.41) is 10.4. The van der Waals surface area contributed by atoms with Gasteiger partial charge < -0.3 is 14.6 Å². The van der Waals surface area contributed by atoms with Crippen molar-refractivity contribution < 1.29 is 19.0 Å². The second kappa shape index (κ2) is 5.83. The van der Waals surface area contributed by atoms with Crippen molar-refractivity contribution in [3.05, 3.63) is 56.8 Å². The highest BCUT2D eigenvalue weighted by atomic mass is 79.9. The number of hydrogen-bond donors (Lipinski definition) is 1. The van der Waals surface area contributed by atoms with Crippen molar-refractivity contribution in [1.29, 1.82) is 0 Å². The first-order valence-corrected chi connectivity index (χ1v) is 7.42. The molecule has 1 aliphatic heterocycles. The summed E-state index contributed by atoms with van der Waals surface area (Å²) in [5.41, 5.74) is 1.44. The van der Waals surface area contributed by atoms with Gasteiger partial charge in [-0.1, -0.05) is 17.7 Å². The molecule has 1 unspecified atom stereocenters. The van der Waals surface area contributed by atoms with Crippen LogP contribution in [0.15, 0.2) is 34.8 Å². The van der Waals surface area contributed by atoms with Gasteiger partial charge in [0.15, 0.2) is 11.5 Å². The van der Waals surface area contributed by atoms with Crippen molar-refractivity contribution in [3.8, 4) is 11.5 Å². The minimum atomic E-state index is -0.752. The van der Waals surface area contributed by atoms with Crippen molar-refractivity contribution in [2.24, 2.45) is 0 Å². The van der Waals surface area contributed by atoms with Gasteiger partial charge in [0.1, 0.15) is 5.82 Å². The molecule has 2 aromatic carbocycles. The lowest BCUT2D eigenvalue weighted by Crippen LogP contribution is -2.02. The zero-order valence-electron chi connectivity index (χ0n) is 10.8. The Kier molecular flexibility index (Phi) is 4.06. The first kappa shape index (κ1) is 14.6. The van der Waals surface area contributed by atoms with Crippen molar-refractivity contribution in [2.75, 3.05) is 6.79 Å². The van der Waals surface area contributed by atoms with Crippen LogP contribution in [0.1, 0.15) is 17.2 Å². The highest BCUT2D eigenvalue weighted by Gasteiger charge is 2.20. The van der Waals surface area contributed by atoms with Crippen LogP contribution in [0.4, 0.5) is 4.39 Å². The van der Waals surface area contributed by atoms with Gasteiger partial charge in [-0.3, -0.25) is 0 Å². The second-order valence-electron chi connectivity index (χ2n) is 4.70. The van der Waals surface area contributed by atoms with Crippen LogP contribution in [-0.2, 0) is 6.42 Å². The van der Waals surface area contributed by atoms with E-state index in [-0.39, 0.29) is 11.8 Å². The molecule has 0 saturated carbocycles. The summed E-state index contributed by atoms with van der Waals surface area (Å²) in [6.45, 7) is 0.168. The molecule has 1 atom stereocenters.